The maximum atomic E-state index is 11.8. The second kappa shape index (κ2) is 6.93. The molecule has 1 saturated heterocycles. The first kappa shape index (κ1) is 13.5. The molecule has 1 unspecified atom stereocenters. The van der Waals surface area contributed by atoms with E-state index in [0.717, 1.165) is 19.3 Å². The number of amides is 2. The zero-order valence-electron chi connectivity index (χ0n) is 10.2. The Labute approximate surface area is 101 Å². The van der Waals surface area contributed by atoms with E-state index in [-0.39, 0.29) is 6.03 Å². The predicted molar refractivity (Wildman–Crippen MR) is 64.8 cm³/mol. The van der Waals surface area contributed by atoms with Gasteiger partial charge < -0.3 is 15.3 Å². The molecule has 96 valence electrons. The summed E-state index contributed by atoms with van der Waals surface area (Å²) in [5, 5.41) is 11.8. The van der Waals surface area contributed by atoms with Gasteiger partial charge in [0, 0.05) is 13.1 Å². The number of carbonyl (C=O) groups is 2. The lowest BCUT2D eigenvalue weighted by Gasteiger charge is -2.32. The highest BCUT2D eigenvalue weighted by Gasteiger charge is 2.31. The van der Waals surface area contributed by atoms with Gasteiger partial charge in [0.15, 0.2) is 0 Å². The van der Waals surface area contributed by atoms with Crippen LogP contribution in [0.2, 0.25) is 0 Å². The van der Waals surface area contributed by atoms with Gasteiger partial charge in [-0.1, -0.05) is 12.2 Å². The molecule has 1 aliphatic heterocycles. The van der Waals surface area contributed by atoms with Crippen LogP contribution in [-0.4, -0.2) is 41.1 Å². The maximum absolute atomic E-state index is 11.8. The number of hydrogen-bond donors (Lipinski definition) is 2. The fraction of sp³-hybridized carbons (Fsp3) is 0.667. The van der Waals surface area contributed by atoms with Crippen molar-refractivity contribution < 1.29 is 14.7 Å². The van der Waals surface area contributed by atoms with Crippen molar-refractivity contribution in [3.05, 3.63) is 12.2 Å². The van der Waals surface area contributed by atoms with Crippen LogP contribution in [0.15, 0.2) is 12.2 Å². The third-order valence-corrected chi connectivity index (χ3v) is 2.87. The second-order valence-electron chi connectivity index (χ2n) is 4.13. The molecular formula is C12H20N2O3. The Morgan fingerprint density at radius 2 is 2.24 bits per heavy atom. The number of carboxylic acids is 1. The minimum atomic E-state index is -0.909. The van der Waals surface area contributed by atoms with E-state index in [4.69, 9.17) is 5.11 Å². The SMILES string of the molecule is C/C=C/CCNC(=O)N1CCCCC1C(=O)O. The molecule has 1 rings (SSSR count). The summed E-state index contributed by atoms with van der Waals surface area (Å²) in [5.74, 6) is -0.909. The van der Waals surface area contributed by atoms with E-state index in [0.29, 0.717) is 19.5 Å². The predicted octanol–water partition coefficient (Wildman–Crippen LogP) is 1.60. The summed E-state index contributed by atoms with van der Waals surface area (Å²) in [6.45, 7) is 3.01. The Morgan fingerprint density at radius 1 is 1.47 bits per heavy atom. The van der Waals surface area contributed by atoms with Gasteiger partial charge in [-0.25, -0.2) is 9.59 Å². The molecule has 0 aromatic rings. The number of urea groups is 1. The highest BCUT2D eigenvalue weighted by molar-refractivity contribution is 5.82. The molecule has 0 radical (unpaired) electrons. The van der Waals surface area contributed by atoms with Gasteiger partial charge >= 0.3 is 12.0 Å². The van der Waals surface area contributed by atoms with Crippen LogP contribution >= 0.6 is 0 Å². The monoisotopic (exact) mass is 240 g/mol. The Morgan fingerprint density at radius 3 is 2.88 bits per heavy atom. The van der Waals surface area contributed by atoms with E-state index in [2.05, 4.69) is 5.32 Å². The maximum Gasteiger partial charge on any atom is 0.326 e. The van der Waals surface area contributed by atoms with Gasteiger partial charge in [-0.2, -0.15) is 0 Å². The Kier molecular flexibility index (Phi) is 5.52. The van der Waals surface area contributed by atoms with Crippen LogP contribution in [0.5, 0.6) is 0 Å². The molecule has 2 N–H and O–H groups in total. The Balaban J connectivity index is 2.44. The average Bonchev–Trinajstić information content (AvgIpc) is 2.34. The molecule has 0 aliphatic carbocycles. The molecule has 0 aromatic heterocycles. The average molecular weight is 240 g/mol. The van der Waals surface area contributed by atoms with Crippen LogP contribution in [-0.2, 0) is 4.79 Å². The first-order chi connectivity index (χ1) is 8.16. The molecule has 1 aliphatic rings. The fourth-order valence-electron chi connectivity index (χ4n) is 1.96. The summed E-state index contributed by atoms with van der Waals surface area (Å²) in [4.78, 5) is 24.2. The van der Waals surface area contributed by atoms with Crippen molar-refractivity contribution in [3.8, 4) is 0 Å². The van der Waals surface area contributed by atoms with Gasteiger partial charge in [0.2, 0.25) is 0 Å². The van der Waals surface area contributed by atoms with Crippen LogP contribution < -0.4 is 5.32 Å². The third-order valence-electron chi connectivity index (χ3n) is 2.87. The van der Waals surface area contributed by atoms with E-state index in [1.165, 1.54) is 4.90 Å². The highest BCUT2D eigenvalue weighted by atomic mass is 16.4. The topological polar surface area (TPSA) is 69.6 Å². The van der Waals surface area contributed by atoms with Crippen LogP contribution in [0.4, 0.5) is 4.79 Å². The third kappa shape index (κ3) is 4.09. The van der Waals surface area contributed by atoms with Crippen LogP contribution in [0.25, 0.3) is 0 Å². The smallest absolute Gasteiger partial charge is 0.326 e. The van der Waals surface area contributed by atoms with Crippen molar-refractivity contribution >= 4 is 12.0 Å². The van der Waals surface area contributed by atoms with Crippen molar-refractivity contribution in [2.75, 3.05) is 13.1 Å². The molecule has 1 fully saturated rings. The number of hydrogen-bond acceptors (Lipinski definition) is 2. The second-order valence-corrected chi connectivity index (χ2v) is 4.13. The zero-order valence-corrected chi connectivity index (χ0v) is 10.2. The lowest BCUT2D eigenvalue weighted by molar-refractivity contribution is -0.143. The van der Waals surface area contributed by atoms with E-state index in [1.807, 2.05) is 19.1 Å². The normalized spacial score (nSPS) is 20.5. The zero-order chi connectivity index (χ0) is 12.7. The first-order valence-corrected chi connectivity index (χ1v) is 6.05. The van der Waals surface area contributed by atoms with Crippen LogP contribution in [0, 0.1) is 0 Å². The Hall–Kier alpha value is -1.52. The summed E-state index contributed by atoms with van der Waals surface area (Å²) in [6, 6.07) is -0.924. The highest BCUT2D eigenvalue weighted by Crippen LogP contribution is 2.17. The summed E-state index contributed by atoms with van der Waals surface area (Å²) in [7, 11) is 0. The molecule has 5 nitrogen and oxygen atoms in total. The lowest BCUT2D eigenvalue weighted by atomic mass is 10.0. The van der Waals surface area contributed by atoms with Gasteiger partial charge in [-0.05, 0) is 32.6 Å². The van der Waals surface area contributed by atoms with Gasteiger partial charge in [0.25, 0.3) is 0 Å². The molecule has 1 atom stereocenters. The molecule has 0 spiro atoms. The number of allylic oxidation sites excluding steroid dienone is 1. The minimum absolute atomic E-state index is 0.262. The van der Waals surface area contributed by atoms with E-state index < -0.39 is 12.0 Å². The molecule has 0 bridgehead atoms. The van der Waals surface area contributed by atoms with Crippen molar-refractivity contribution in [1.29, 1.82) is 0 Å². The number of nitrogens with zero attached hydrogens (tertiary/aromatic N) is 1. The summed E-state index contributed by atoms with van der Waals surface area (Å²) >= 11 is 0. The molecule has 1 heterocycles. The molecule has 0 aromatic carbocycles. The minimum Gasteiger partial charge on any atom is -0.480 e. The molecule has 0 saturated carbocycles. The number of likely N-dealkylation sites (tertiary alicyclic amines) is 1. The van der Waals surface area contributed by atoms with E-state index in [9.17, 15) is 9.59 Å². The van der Waals surface area contributed by atoms with Gasteiger partial charge in [0.05, 0.1) is 0 Å². The quantitative estimate of drug-likeness (QED) is 0.579. The standard InChI is InChI=1S/C12H20N2O3/c1-2-3-5-8-13-12(17)14-9-6-4-7-10(14)11(15)16/h2-3,10H,4-9H2,1H3,(H,13,17)(H,15,16)/b3-2+. The van der Waals surface area contributed by atoms with Gasteiger partial charge in [0.1, 0.15) is 6.04 Å². The van der Waals surface area contributed by atoms with Gasteiger partial charge in [-0.15, -0.1) is 0 Å². The summed E-state index contributed by atoms with van der Waals surface area (Å²) in [5.41, 5.74) is 0. The number of carbonyl (C=O) groups excluding carboxylic acids is 1. The molecule has 5 heteroatoms. The van der Waals surface area contributed by atoms with Crippen molar-refractivity contribution in [1.82, 2.24) is 10.2 Å². The first-order valence-electron chi connectivity index (χ1n) is 6.05. The number of piperidine rings is 1. The number of nitrogens with one attached hydrogen (secondary N) is 1. The van der Waals surface area contributed by atoms with Crippen LogP contribution in [0.3, 0.4) is 0 Å². The molecule has 2 amide bonds. The molecular weight excluding hydrogens is 220 g/mol. The van der Waals surface area contributed by atoms with Crippen molar-refractivity contribution in [2.45, 2.75) is 38.6 Å². The Bertz CT molecular complexity index is 302. The van der Waals surface area contributed by atoms with Crippen LogP contribution in [0.1, 0.15) is 32.6 Å². The molecule has 17 heavy (non-hydrogen) atoms. The number of aliphatic carboxylic acids is 1. The summed E-state index contributed by atoms with van der Waals surface area (Å²) in [6.07, 6.45) is 6.97. The largest absolute Gasteiger partial charge is 0.480 e. The van der Waals surface area contributed by atoms with E-state index in [1.54, 1.807) is 0 Å². The van der Waals surface area contributed by atoms with Crippen molar-refractivity contribution in [2.24, 2.45) is 0 Å². The lowest BCUT2D eigenvalue weighted by Crippen LogP contribution is -2.52. The number of carboxylic acid groups (broad SMARTS) is 1. The van der Waals surface area contributed by atoms with E-state index >= 15 is 0 Å². The number of rotatable bonds is 4. The summed E-state index contributed by atoms with van der Waals surface area (Å²) < 4.78 is 0. The fourth-order valence-corrected chi connectivity index (χ4v) is 1.96. The van der Waals surface area contributed by atoms with Crippen molar-refractivity contribution in [3.63, 3.8) is 0 Å². The van der Waals surface area contributed by atoms with Gasteiger partial charge in [-0.3, -0.25) is 0 Å².